The van der Waals surface area contributed by atoms with E-state index < -0.39 is 0 Å². The molecule has 4 aromatic rings. The minimum atomic E-state index is 0. The van der Waals surface area contributed by atoms with Gasteiger partial charge in [0.2, 0.25) is 0 Å². The zero-order valence-electron chi connectivity index (χ0n) is 33.4. The van der Waals surface area contributed by atoms with E-state index in [-0.39, 0.29) is 35.6 Å². The van der Waals surface area contributed by atoms with Crippen LogP contribution in [0.5, 0.6) is 0 Å². The van der Waals surface area contributed by atoms with E-state index in [0.717, 1.165) is 16.5 Å². The van der Waals surface area contributed by atoms with Crippen LogP contribution in [0.4, 0.5) is 0 Å². The Kier molecular flexibility index (Phi) is 18.0. The van der Waals surface area contributed by atoms with Crippen LogP contribution >= 0.6 is 48.0 Å². The van der Waals surface area contributed by atoms with Crippen molar-refractivity contribution in [2.45, 2.75) is 92.9 Å². The van der Waals surface area contributed by atoms with Crippen molar-refractivity contribution < 1.29 is 24.2 Å². The van der Waals surface area contributed by atoms with Gasteiger partial charge in [0.05, 0.1) is 0 Å². The van der Waals surface area contributed by atoms with Crippen LogP contribution < -0.4 is 0 Å². The normalized spacial score (nSPS) is 16.7. The zero-order chi connectivity index (χ0) is 38.4. The molecule has 4 aliphatic carbocycles. The molecular weight excluding hydrogens is 822 g/mol. The molecule has 286 valence electrons. The standard InChI is InChI=1S/C25H25.C11H17.2C6H4Cl.CH2.2ClH.Zr/c1-14-12-24(3,4)22-8-16-7-17-9-23-19(15(2)13-25(23,5)6)11-21(17)20(16)10-18(14)22;1-5-9-6-7-10(8-9)11(2,3)4;2*7-6-4-2-1-3-5-6;;;;/h8-12H,7H2,1-6H3;7-9H,5H2,1-4H3;2*2-5H;1H2;2*1H;/q4*-1;;;;. The molecule has 0 heterocycles. The van der Waals surface area contributed by atoms with Crippen molar-refractivity contribution in [3.63, 3.8) is 0 Å². The fraction of sp³-hybridized carbons (Fsp3) is 0.327. The van der Waals surface area contributed by atoms with Crippen molar-refractivity contribution >= 4 is 63.4 Å². The van der Waals surface area contributed by atoms with Crippen molar-refractivity contribution in [3.05, 3.63) is 164 Å². The molecule has 0 amide bonds. The molecule has 0 saturated carbocycles. The van der Waals surface area contributed by atoms with Gasteiger partial charge in [0.1, 0.15) is 0 Å². The van der Waals surface area contributed by atoms with E-state index in [1.165, 1.54) is 91.9 Å². The third kappa shape index (κ3) is 11.6. The first-order valence-electron chi connectivity index (χ1n) is 18.1. The number of hydrogen-bond acceptors (Lipinski definition) is 0. The number of fused-ring (bicyclic) bond motifs is 5. The van der Waals surface area contributed by atoms with Gasteiger partial charge < -0.3 is 0 Å². The van der Waals surface area contributed by atoms with Crippen LogP contribution in [0.1, 0.15) is 109 Å². The number of allylic oxidation sites excluding steroid dienone is 8. The average Bonchev–Trinajstić information content (AvgIpc) is 3.84. The Morgan fingerprint density at radius 1 is 0.759 bits per heavy atom. The van der Waals surface area contributed by atoms with Crippen molar-refractivity contribution in [3.8, 4) is 11.1 Å². The first kappa shape index (κ1) is 47.9. The Morgan fingerprint density at radius 3 is 1.65 bits per heavy atom. The Balaban J connectivity index is 0.000000288. The zero-order valence-corrected chi connectivity index (χ0v) is 39.0. The van der Waals surface area contributed by atoms with Gasteiger partial charge in [-0.15, -0.1) is 59.6 Å². The van der Waals surface area contributed by atoms with Gasteiger partial charge in [0.25, 0.3) is 0 Å². The number of hydrogen-bond donors (Lipinski definition) is 0. The average molecular weight is 876 g/mol. The predicted octanol–water partition coefficient (Wildman–Crippen LogP) is 14.9. The van der Waals surface area contributed by atoms with Gasteiger partial charge in [-0.25, -0.2) is 11.6 Å². The number of rotatable bonds is 1. The Labute approximate surface area is 364 Å². The van der Waals surface area contributed by atoms with Crippen LogP contribution in [-0.2, 0) is 41.5 Å². The second kappa shape index (κ2) is 20.3. The molecule has 0 fully saturated rings. The van der Waals surface area contributed by atoms with E-state index in [0.29, 0.717) is 11.3 Å². The maximum atomic E-state index is 5.52. The van der Waals surface area contributed by atoms with Gasteiger partial charge in [-0.2, -0.15) is 77.9 Å². The van der Waals surface area contributed by atoms with Crippen molar-refractivity contribution in [1.29, 1.82) is 0 Å². The number of benzene rings is 4. The quantitative estimate of drug-likeness (QED) is 0.147. The van der Waals surface area contributed by atoms with E-state index in [4.69, 9.17) is 23.2 Å². The molecule has 0 aromatic heterocycles. The first-order valence-corrected chi connectivity index (χ1v) is 20.6. The molecule has 54 heavy (non-hydrogen) atoms. The summed E-state index contributed by atoms with van der Waals surface area (Å²) in [6.07, 6.45) is 16.1. The van der Waals surface area contributed by atoms with Crippen molar-refractivity contribution in [1.82, 2.24) is 0 Å². The van der Waals surface area contributed by atoms with Crippen LogP contribution in [0.25, 0.3) is 22.3 Å². The second-order valence-electron chi connectivity index (χ2n) is 15.8. The van der Waals surface area contributed by atoms with Crippen LogP contribution in [0, 0.1) is 35.6 Å². The summed E-state index contributed by atoms with van der Waals surface area (Å²) in [5.74, 6) is 0.573. The molecule has 0 saturated heterocycles. The third-order valence-electron chi connectivity index (χ3n) is 9.93. The molecule has 0 radical (unpaired) electrons. The van der Waals surface area contributed by atoms with Crippen molar-refractivity contribution in [2.75, 3.05) is 0 Å². The fourth-order valence-corrected chi connectivity index (χ4v) is 7.47. The summed E-state index contributed by atoms with van der Waals surface area (Å²) < 4.78 is 3.34. The van der Waals surface area contributed by atoms with Crippen LogP contribution in [0.2, 0.25) is 10.0 Å². The van der Waals surface area contributed by atoms with Crippen LogP contribution in [-0.4, -0.2) is 4.21 Å². The van der Waals surface area contributed by atoms with E-state index in [1.807, 2.05) is 0 Å². The van der Waals surface area contributed by atoms with E-state index in [2.05, 4.69) is 140 Å². The Hall–Kier alpha value is -2.25. The summed E-state index contributed by atoms with van der Waals surface area (Å²) in [5, 5.41) is 1.53. The Bertz CT molecular complexity index is 1870. The molecule has 0 N–H and O–H groups in total. The van der Waals surface area contributed by atoms with E-state index in [1.54, 1.807) is 48.5 Å². The van der Waals surface area contributed by atoms with E-state index >= 15 is 0 Å². The topological polar surface area (TPSA) is 0 Å². The fourth-order valence-electron chi connectivity index (χ4n) is 7.22. The molecule has 5 heteroatoms. The van der Waals surface area contributed by atoms with E-state index in [9.17, 15) is 0 Å². The second-order valence-corrected chi connectivity index (χ2v) is 16.7. The molecular formula is C49H54Cl4Zr-4. The molecule has 1 atom stereocenters. The third-order valence-corrected chi connectivity index (χ3v) is 10.4. The molecule has 0 aliphatic heterocycles. The predicted molar refractivity (Wildman–Crippen MR) is 238 cm³/mol. The molecule has 1 unspecified atom stereocenters. The van der Waals surface area contributed by atoms with Gasteiger partial charge in [-0.1, -0.05) is 114 Å². The first-order chi connectivity index (χ1) is 24.5. The SMILES string of the molecule is CC1=[C-]C(C)(C)c2cc3c(cc21)-c1cc2c(cc1C3)C(C)(C)C=C2C.CCC1[C-]=CC(C(C)(C)C)=C1.Cl.Cl.Clc1cc[c-]cc1.Clc1cc[c-]cc1.[CH2]=[Zr]. The summed E-state index contributed by atoms with van der Waals surface area (Å²) in [6, 6.07) is 29.8. The molecule has 0 bridgehead atoms. The summed E-state index contributed by atoms with van der Waals surface area (Å²) in [5.41, 5.74) is 16.3. The van der Waals surface area contributed by atoms with Gasteiger partial charge in [-0.05, 0) is 58.4 Å². The van der Waals surface area contributed by atoms with Crippen LogP contribution in [0.3, 0.4) is 0 Å². The maximum absolute atomic E-state index is 5.52. The monoisotopic (exact) mass is 872 g/mol. The summed E-state index contributed by atoms with van der Waals surface area (Å²) in [6.45, 7) is 22.6. The number of halogens is 4. The summed E-state index contributed by atoms with van der Waals surface area (Å²) >= 11 is 12.3. The summed E-state index contributed by atoms with van der Waals surface area (Å²) in [7, 11) is 0. The van der Waals surface area contributed by atoms with Gasteiger partial charge >= 0.3 is 28.4 Å². The van der Waals surface area contributed by atoms with Gasteiger partial charge in [0.15, 0.2) is 0 Å². The van der Waals surface area contributed by atoms with Gasteiger partial charge in [0, 0.05) is 5.41 Å². The molecule has 8 rings (SSSR count). The molecule has 4 aromatic carbocycles. The van der Waals surface area contributed by atoms with Crippen LogP contribution in [0.15, 0.2) is 96.6 Å². The molecule has 0 spiro atoms. The van der Waals surface area contributed by atoms with Crippen molar-refractivity contribution in [2.24, 2.45) is 11.3 Å². The molecule has 0 nitrogen and oxygen atoms in total. The summed E-state index contributed by atoms with van der Waals surface area (Å²) in [4.78, 5) is 0. The Morgan fingerprint density at radius 2 is 1.24 bits per heavy atom. The van der Waals surface area contributed by atoms with Gasteiger partial charge in [-0.3, -0.25) is 12.2 Å². The minimum absolute atomic E-state index is 0. The molecule has 4 aliphatic rings.